The Hall–Kier alpha value is -1.39. The van der Waals surface area contributed by atoms with Gasteiger partial charge in [0.15, 0.2) is 0 Å². The molecule has 2 N–H and O–H groups in total. The normalized spacial score (nSPS) is 16.8. The summed E-state index contributed by atoms with van der Waals surface area (Å²) in [6.07, 6.45) is 0.656. The number of nitrogens with one attached hydrogen (secondary N) is 2. The summed E-state index contributed by atoms with van der Waals surface area (Å²) in [7, 11) is 1.57. The molecule has 2 rings (SSSR count). The number of amides is 1. The minimum atomic E-state index is -0.738. The lowest BCUT2D eigenvalue weighted by Crippen LogP contribution is -2.45. The Morgan fingerprint density at radius 3 is 2.84 bits per heavy atom. The molecule has 1 heterocycles. The van der Waals surface area contributed by atoms with Gasteiger partial charge in [-0.1, -0.05) is 25.1 Å². The molecule has 0 aliphatic carbocycles. The van der Waals surface area contributed by atoms with E-state index < -0.39 is 5.60 Å². The second kappa shape index (κ2) is 5.72. The Morgan fingerprint density at radius 2 is 2.16 bits per heavy atom. The zero-order valence-electron chi connectivity index (χ0n) is 11.9. The van der Waals surface area contributed by atoms with Gasteiger partial charge in [-0.15, -0.1) is 0 Å². The average Bonchev–Trinajstić information content (AvgIpc) is 2.91. The fourth-order valence-corrected chi connectivity index (χ4v) is 2.22. The van der Waals surface area contributed by atoms with E-state index >= 15 is 0 Å². The summed E-state index contributed by atoms with van der Waals surface area (Å²) in [5.74, 6) is -0.0591. The van der Waals surface area contributed by atoms with Gasteiger partial charge in [0.25, 0.3) is 5.91 Å². The number of rotatable bonds is 5. The lowest BCUT2D eigenvalue weighted by Gasteiger charge is -2.25. The van der Waals surface area contributed by atoms with Crippen LogP contribution in [0.4, 0.5) is 0 Å². The molecule has 0 aromatic heterocycles. The molecule has 104 valence electrons. The van der Waals surface area contributed by atoms with Gasteiger partial charge < -0.3 is 15.4 Å². The van der Waals surface area contributed by atoms with Crippen LogP contribution in [-0.4, -0.2) is 18.6 Å². The number of ether oxygens (including phenoxy) is 1. The molecule has 1 amide bonds. The second-order valence-corrected chi connectivity index (χ2v) is 5.18. The van der Waals surface area contributed by atoms with Crippen LogP contribution in [0, 0.1) is 0 Å². The molecule has 19 heavy (non-hydrogen) atoms. The number of methoxy groups -OCH3 is 1. The number of carbonyl (C=O) groups is 1. The number of carbonyl (C=O) groups excluding carboxylic acids is 1. The van der Waals surface area contributed by atoms with Crippen LogP contribution in [0.5, 0.6) is 0 Å². The van der Waals surface area contributed by atoms with E-state index in [-0.39, 0.29) is 5.91 Å². The SMILES string of the molecule is CCC(C)(OC)C(=O)NCc1ccc2c(c1)CNC2. The number of fused-ring (bicyclic) bond motifs is 1. The first-order valence-corrected chi connectivity index (χ1v) is 6.74. The van der Waals surface area contributed by atoms with Gasteiger partial charge in [0.05, 0.1) is 0 Å². The zero-order valence-corrected chi connectivity index (χ0v) is 11.9. The predicted octanol–water partition coefficient (Wildman–Crippen LogP) is 1.72. The van der Waals surface area contributed by atoms with E-state index in [9.17, 15) is 4.79 Å². The number of hydrogen-bond donors (Lipinski definition) is 2. The molecule has 0 radical (unpaired) electrons. The lowest BCUT2D eigenvalue weighted by molar-refractivity contribution is -0.142. The van der Waals surface area contributed by atoms with Crippen molar-refractivity contribution in [1.29, 1.82) is 0 Å². The Balaban J connectivity index is 1.97. The minimum Gasteiger partial charge on any atom is -0.369 e. The molecule has 1 atom stereocenters. The van der Waals surface area contributed by atoms with Gasteiger partial charge in [0.2, 0.25) is 0 Å². The van der Waals surface area contributed by atoms with Crippen LogP contribution >= 0.6 is 0 Å². The summed E-state index contributed by atoms with van der Waals surface area (Å²) in [6, 6.07) is 6.36. The maximum Gasteiger partial charge on any atom is 0.252 e. The van der Waals surface area contributed by atoms with Crippen molar-refractivity contribution in [2.75, 3.05) is 7.11 Å². The smallest absolute Gasteiger partial charge is 0.252 e. The van der Waals surface area contributed by atoms with Gasteiger partial charge in [0.1, 0.15) is 5.60 Å². The molecule has 1 aromatic carbocycles. The fraction of sp³-hybridized carbons (Fsp3) is 0.533. The zero-order chi connectivity index (χ0) is 13.9. The molecule has 1 aliphatic rings. The molecular formula is C15H22N2O2. The first-order valence-electron chi connectivity index (χ1n) is 6.74. The topological polar surface area (TPSA) is 50.4 Å². The van der Waals surface area contributed by atoms with Crippen molar-refractivity contribution in [3.8, 4) is 0 Å². The number of benzene rings is 1. The molecule has 4 heteroatoms. The molecule has 4 nitrogen and oxygen atoms in total. The largest absolute Gasteiger partial charge is 0.369 e. The summed E-state index contributed by atoms with van der Waals surface area (Å²) in [4.78, 5) is 12.1. The minimum absolute atomic E-state index is 0.0591. The van der Waals surface area contributed by atoms with Crippen LogP contribution in [0.3, 0.4) is 0 Å². The second-order valence-electron chi connectivity index (χ2n) is 5.18. The predicted molar refractivity (Wildman–Crippen MR) is 74.5 cm³/mol. The molecule has 1 unspecified atom stereocenters. The highest BCUT2D eigenvalue weighted by Crippen LogP contribution is 2.18. The highest BCUT2D eigenvalue weighted by Gasteiger charge is 2.30. The van der Waals surface area contributed by atoms with Gasteiger partial charge >= 0.3 is 0 Å². The van der Waals surface area contributed by atoms with Crippen LogP contribution in [0.25, 0.3) is 0 Å². The summed E-state index contributed by atoms with van der Waals surface area (Å²) in [6.45, 7) is 6.17. The quantitative estimate of drug-likeness (QED) is 0.849. The summed E-state index contributed by atoms with van der Waals surface area (Å²) < 4.78 is 5.29. The molecule has 0 saturated heterocycles. The van der Waals surface area contributed by atoms with Crippen LogP contribution < -0.4 is 10.6 Å². The third kappa shape index (κ3) is 2.96. The van der Waals surface area contributed by atoms with Crippen LogP contribution in [0.1, 0.15) is 37.0 Å². The lowest BCUT2D eigenvalue weighted by atomic mass is 10.0. The van der Waals surface area contributed by atoms with E-state index in [0.29, 0.717) is 13.0 Å². The Kier molecular flexibility index (Phi) is 4.22. The van der Waals surface area contributed by atoms with Crippen molar-refractivity contribution in [2.45, 2.75) is 45.5 Å². The Labute approximate surface area is 114 Å². The van der Waals surface area contributed by atoms with E-state index in [1.807, 2.05) is 13.8 Å². The van der Waals surface area contributed by atoms with Crippen molar-refractivity contribution >= 4 is 5.91 Å². The van der Waals surface area contributed by atoms with Gasteiger partial charge in [-0.3, -0.25) is 4.79 Å². The Morgan fingerprint density at radius 1 is 1.42 bits per heavy atom. The Bertz CT molecular complexity index is 467. The molecule has 1 aromatic rings. The van der Waals surface area contributed by atoms with Crippen molar-refractivity contribution in [3.63, 3.8) is 0 Å². The number of hydrogen-bond acceptors (Lipinski definition) is 3. The van der Waals surface area contributed by atoms with Gasteiger partial charge in [-0.25, -0.2) is 0 Å². The van der Waals surface area contributed by atoms with Crippen molar-refractivity contribution in [3.05, 3.63) is 34.9 Å². The maximum atomic E-state index is 12.1. The summed E-state index contributed by atoms with van der Waals surface area (Å²) in [5.41, 5.74) is 3.07. The van der Waals surface area contributed by atoms with E-state index in [0.717, 1.165) is 18.7 Å². The average molecular weight is 262 g/mol. The van der Waals surface area contributed by atoms with Gasteiger partial charge in [-0.05, 0) is 30.0 Å². The van der Waals surface area contributed by atoms with Crippen molar-refractivity contribution in [2.24, 2.45) is 0 Å². The van der Waals surface area contributed by atoms with Gasteiger partial charge in [-0.2, -0.15) is 0 Å². The highest BCUT2D eigenvalue weighted by molar-refractivity contribution is 5.84. The van der Waals surface area contributed by atoms with E-state index in [1.165, 1.54) is 11.1 Å². The third-order valence-electron chi connectivity index (χ3n) is 3.96. The molecule has 0 spiro atoms. The molecule has 0 bridgehead atoms. The van der Waals surface area contributed by atoms with E-state index in [4.69, 9.17) is 4.74 Å². The van der Waals surface area contributed by atoms with E-state index in [2.05, 4.69) is 28.8 Å². The molecule has 1 aliphatic heterocycles. The molecular weight excluding hydrogens is 240 g/mol. The fourth-order valence-electron chi connectivity index (χ4n) is 2.22. The van der Waals surface area contributed by atoms with Crippen molar-refractivity contribution in [1.82, 2.24) is 10.6 Å². The van der Waals surface area contributed by atoms with Crippen LogP contribution in [0.15, 0.2) is 18.2 Å². The van der Waals surface area contributed by atoms with Crippen molar-refractivity contribution < 1.29 is 9.53 Å². The van der Waals surface area contributed by atoms with Crippen LogP contribution in [-0.2, 0) is 29.2 Å². The standard InChI is InChI=1S/C15H22N2O2/c1-4-15(2,19-3)14(18)17-8-11-5-6-12-9-16-10-13(12)7-11/h5-7,16H,4,8-10H2,1-3H3,(H,17,18). The van der Waals surface area contributed by atoms with Crippen LogP contribution in [0.2, 0.25) is 0 Å². The monoisotopic (exact) mass is 262 g/mol. The highest BCUT2D eigenvalue weighted by atomic mass is 16.5. The summed E-state index contributed by atoms with van der Waals surface area (Å²) >= 11 is 0. The third-order valence-corrected chi connectivity index (χ3v) is 3.96. The van der Waals surface area contributed by atoms with Gasteiger partial charge in [0, 0.05) is 26.7 Å². The summed E-state index contributed by atoms with van der Waals surface area (Å²) in [5, 5.41) is 6.26. The maximum absolute atomic E-state index is 12.1. The molecule has 0 saturated carbocycles. The first kappa shape index (κ1) is 14.0. The molecule has 0 fully saturated rings. The first-order chi connectivity index (χ1) is 9.09. The van der Waals surface area contributed by atoms with E-state index in [1.54, 1.807) is 7.11 Å².